The lowest BCUT2D eigenvalue weighted by Gasteiger charge is -2.33. The zero-order valence-corrected chi connectivity index (χ0v) is 13.8. The van der Waals surface area contributed by atoms with Crippen LogP contribution >= 0.6 is 0 Å². The Morgan fingerprint density at radius 1 is 0.952 bits per heavy atom. The van der Waals surface area contributed by atoms with Crippen molar-refractivity contribution in [2.75, 3.05) is 24.6 Å². The van der Waals surface area contributed by atoms with E-state index in [2.05, 4.69) is 10.0 Å². The highest BCUT2D eigenvalue weighted by Crippen LogP contribution is 2.33. The molecule has 2 saturated heterocycles. The minimum absolute atomic E-state index is 0.00212. The standard InChI is InChI=1S/C13H24N2O4S2/c16-20(17)5-3-13(4-6-20)21(18,19)15-12-2-1-10-8-14-9-11(10)7-12/h10-15H,1-9H2/t10-,11+,12?/m0/s1. The van der Waals surface area contributed by atoms with Gasteiger partial charge in [-0.15, -0.1) is 0 Å². The Morgan fingerprint density at radius 3 is 2.33 bits per heavy atom. The first-order valence-corrected chi connectivity index (χ1v) is 11.1. The minimum Gasteiger partial charge on any atom is -0.316 e. The topological polar surface area (TPSA) is 92.3 Å². The van der Waals surface area contributed by atoms with Gasteiger partial charge in [-0.05, 0) is 57.0 Å². The Hall–Kier alpha value is -0.180. The third-order valence-corrected chi connectivity index (χ3v) is 8.95. The normalized spacial score (nSPS) is 37.2. The van der Waals surface area contributed by atoms with Crippen LogP contribution in [0.5, 0.6) is 0 Å². The van der Waals surface area contributed by atoms with Crippen molar-refractivity contribution < 1.29 is 16.8 Å². The lowest BCUT2D eigenvalue weighted by molar-refractivity contribution is 0.260. The molecule has 0 aromatic carbocycles. The second-order valence-corrected chi connectivity index (χ2v) is 11.0. The van der Waals surface area contributed by atoms with Gasteiger partial charge in [-0.25, -0.2) is 21.6 Å². The molecule has 0 aromatic heterocycles. The molecule has 0 radical (unpaired) electrons. The minimum atomic E-state index is -3.40. The van der Waals surface area contributed by atoms with Crippen LogP contribution in [0.2, 0.25) is 0 Å². The quantitative estimate of drug-likeness (QED) is 0.749. The van der Waals surface area contributed by atoms with Gasteiger partial charge in [0.15, 0.2) is 0 Å². The number of hydrogen-bond acceptors (Lipinski definition) is 5. The number of rotatable bonds is 3. The van der Waals surface area contributed by atoms with E-state index in [4.69, 9.17) is 0 Å². The molecule has 1 saturated carbocycles. The Morgan fingerprint density at radius 2 is 1.62 bits per heavy atom. The highest BCUT2D eigenvalue weighted by atomic mass is 32.2. The molecule has 0 amide bonds. The maximum Gasteiger partial charge on any atom is 0.214 e. The van der Waals surface area contributed by atoms with Crippen molar-refractivity contribution in [3.05, 3.63) is 0 Å². The van der Waals surface area contributed by atoms with E-state index in [1.165, 1.54) is 0 Å². The van der Waals surface area contributed by atoms with Crippen molar-refractivity contribution in [2.24, 2.45) is 11.8 Å². The van der Waals surface area contributed by atoms with Crippen LogP contribution in [0.25, 0.3) is 0 Å². The Bertz CT molecular complexity index is 573. The summed E-state index contributed by atoms with van der Waals surface area (Å²) < 4.78 is 50.6. The van der Waals surface area contributed by atoms with E-state index in [1.807, 2.05) is 0 Å². The van der Waals surface area contributed by atoms with Gasteiger partial charge in [0.05, 0.1) is 16.8 Å². The van der Waals surface area contributed by atoms with Gasteiger partial charge in [0.2, 0.25) is 10.0 Å². The lowest BCUT2D eigenvalue weighted by Crippen LogP contribution is -2.46. The summed E-state index contributed by atoms with van der Waals surface area (Å²) in [5.74, 6) is 1.28. The van der Waals surface area contributed by atoms with Gasteiger partial charge in [-0.2, -0.15) is 0 Å². The molecule has 122 valence electrons. The van der Waals surface area contributed by atoms with Crippen LogP contribution in [0, 0.1) is 11.8 Å². The van der Waals surface area contributed by atoms with Crippen LogP contribution in [-0.4, -0.2) is 52.7 Å². The molecule has 2 N–H and O–H groups in total. The first-order chi connectivity index (χ1) is 9.86. The zero-order chi connectivity index (χ0) is 15.1. The van der Waals surface area contributed by atoms with Gasteiger partial charge in [-0.3, -0.25) is 0 Å². The Balaban J connectivity index is 1.59. The maximum atomic E-state index is 12.4. The largest absolute Gasteiger partial charge is 0.316 e. The molecule has 1 unspecified atom stereocenters. The van der Waals surface area contributed by atoms with Gasteiger partial charge in [0.25, 0.3) is 0 Å². The van der Waals surface area contributed by atoms with Crippen LogP contribution < -0.4 is 10.0 Å². The van der Waals surface area contributed by atoms with Crippen molar-refractivity contribution >= 4 is 19.9 Å². The Labute approximate surface area is 127 Å². The molecular formula is C13H24N2O4S2. The van der Waals surface area contributed by atoms with Crippen LogP contribution in [-0.2, 0) is 19.9 Å². The van der Waals surface area contributed by atoms with Crippen molar-refractivity contribution in [3.63, 3.8) is 0 Å². The SMILES string of the molecule is O=S1(=O)CCC(S(=O)(=O)NC2CC[C@H]3CNC[C@H]3C2)CC1. The van der Waals surface area contributed by atoms with E-state index in [9.17, 15) is 16.8 Å². The molecule has 0 bridgehead atoms. The van der Waals surface area contributed by atoms with Crippen LogP contribution in [0.15, 0.2) is 0 Å². The molecule has 2 heterocycles. The molecule has 3 rings (SSSR count). The molecule has 1 aliphatic carbocycles. The summed E-state index contributed by atoms with van der Waals surface area (Å²) in [4.78, 5) is 0. The Kier molecular flexibility index (Phi) is 4.33. The molecule has 2 aliphatic heterocycles. The molecule has 3 atom stereocenters. The number of fused-ring (bicyclic) bond motifs is 1. The number of sulfonamides is 1. The third-order valence-electron chi connectivity index (χ3n) is 5.22. The van der Waals surface area contributed by atoms with Gasteiger partial charge < -0.3 is 5.32 Å². The van der Waals surface area contributed by atoms with Gasteiger partial charge >= 0.3 is 0 Å². The second-order valence-electron chi connectivity index (χ2n) is 6.70. The fourth-order valence-corrected chi connectivity index (χ4v) is 7.43. The first-order valence-electron chi connectivity index (χ1n) is 7.78. The highest BCUT2D eigenvalue weighted by molar-refractivity contribution is 7.92. The predicted molar refractivity (Wildman–Crippen MR) is 81.2 cm³/mol. The molecule has 21 heavy (non-hydrogen) atoms. The second kappa shape index (κ2) is 5.79. The van der Waals surface area contributed by atoms with Gasteiger partial charge in [-0.1, -0.05) is 0 Å². The summed E-state index contributed by atoms with van der Waals surface area (Å²) in [5, 5.41) is 2.83. The van der Waals surface area contributed by atoms with Crippen molar-refractivity contribution in [2.45, 2.75) is 43.4 Å². The van der Waals surface area contributed by atoms with Gasteiger partial charge in [0.1, 0.15) is 9.84 Å². The van der Waals surface area contributed by atoms with E-state index in [0.717, 1.165) is 32.4 Å². The average molecular weight is 336 g/mol. The molecule has 6 nitrogen and oxygen atoms in total. The summed E-state index contributed by atoms with van der Waals surface area (Å²) >= 11 is 0. The van der Waals surface area contributed by atoms with E-state index >= 15 is 0 Å². The van der Waals surface area contributed by atoms with E-state index in [1.54, 1.807) is 0 Å². The monoisotopic (exact) mass is 336 g/mol. The van der Waals surface area contributed by atoms with Crippen LogP contribution in [0.1, 0.15) is 32.1 Å². The van der Waals surface area contributed by atoms with E-state index in [0.29, 0.717) is 11.8 Å². The van der Waals surface area contributed by atoms with Crippen molar-refractivity contribution in [1.82, 2.24) is 10.0 Å². The zero-order valence-electron chi connectivity index (χ0n) is 12.1. The number of hydrogen-bond donors (Lipinski definition) is 2. The lowest BCUT2D eigenvalue weighted by atomic mass is 9.79. The van der Waals surface area contributed by atoms with Crippen LogP contribution in [0.4, 0.5) is 0 Å². The number of nitrogens with one attached hydrogen (secondary N) is 2. The van der Waals surface area contributed by atoms with E-state index in [-0.39, 0.29) is 30.4 Å². The molecule has 8 heteroatoms. The fraction of sp³-hybridized carbons (Fsp3) is 1.00. The summed E-state index contributed by atoms with van der Waals surface area (Å²) in [7, 11) is -6.42. The summed E-state index contributed by atoms with van der Waals surface area (Å²) in [6, 6.07) is 0.0229. The summed E-state index contributed by atoms with van der Waals surface area (Å²) in [6.45, 7) is 2.05. The van der Waals surface area contributed by atoms with Crippen molar-refractivity contribution in [1.29, 1.82) is 0 Å². The molecular weight excluding hydrogens is 312 g/mol. The van der Waals surface area contributed by atoms with Crippen molar-refractivity contribution in [3.8, 4) is 0 Å². The third kappa shape index (κ3) is 3.60. The molecule has 3 aliphatic rings. The molecule has 0 aromatic rings. The predicted octanol–water partition coefficient (Wildman–Crippen LogP) is -0.129. The highest BCUT2D eigenvalue weighted by Gasteiger charge is 2.38. The smallest absolute Gasteiger partial charge is 0.214 e. The van der Waals surface area contributed by atoms with Gasteiger partial charge in [0, 0.05) is 6.04 Å². The molecule has 3 fully saturated rings. The summed E-state index contributed by atoms with van der Waals surface area (Å²) in [6.07, 6.45) is 3.34. The fourth-order valence-electron chi connectivity index (χ4n) is 3.91. The van der Waals surface area contributed by atoms with Crippen LogP contribution in [0.3, 0.4) is 0 Å². The number of sulfone groups is 1. The maximum absolute atomic E-state index is 12.4. The first kappa shape index (κ1) is 15.7. The summed E-state index contributed by atoms with van der Waals surface area (Å²) in [5.41, 5.74) is 0. The molecule has 0 spiro atoms. The van der Waals surface area contributed by atoms with E-state index < -0.39 is 25.1 Å². The average Bonchev–Trinajstić information content (AvgIpc) is 2.85.